The molecular formula is C19H29N3O. The van der Waals surface area contributed by atoms with Gasteiger partial charge in [-0.15, -0.1) is 0 Å². The molecule has 0 spiro atoms. The molecule has 1 heterocycles. The lowest BCUT2D eigenvalue weighted by Gasteiger charge is -2.28. The van der Waals surface area contributed by atoms with E-state index in [1.807, 2.05) is 0 Å². The number of aromatic nitrogens is 1. The minimum Gasteiger partial charge on any atom is -0.497 e. The zero-order valence-corrected chi connectivity index (χ0v) is 14.6. The number of hydrogen-bond donors (Lipinski definition) is 1. The van der Waals surface area contributed by atoms with Crippen molar-refractivity contribution in [3.63, 3.8) is 0 Å². The van der Waals surface area contributed by atoms with Crippen molar-refractivity contribution in [1.29, 1.82) is 0 Å². The summed E-state index contributed by atoms with van der Waals surface area (Å²) >= 11 is 0. The molecule has 126 valence electrons. The minimum absolute atomic E-state index is 0.385. The standard InChI is InChI=1S/C19H29N3O/c1-21(2)11-10-14-13-22(16-6-4-15(20)5-7-16)19-12-17(23-3)8-9-18(14)19/h8-9,12-13,15-16H,4-7,10-11,20H2,1-3H3. The second-order valence-electron chi connectivity index (χ2n) is 7.07. The molecule has 1 fully saturated rings. The number of rotatable bonds is 5. The predicted octanol–water partition coefficient (Wildman–Crippen LogP) is 3.20. The number of hydrogen-bond acceptors (Lipinski definition) is 3. The average Bonchev–Trinajstić information content (AvgIpc) is 2.91. The van der Waals surface area contributed by atoms with Crippen LogP contribution in [0, 0.1) is 0 Å². The van der Waals surface area contributed by atoms with Crippen LogP contribution in [-0.2, 0) is 6.42 Å². The van der Waals surface area contributed by atoms with E-state index in [0.29, 0.717) is 12.1 Å². The molecule has 0 amide bonds. The highest BCUT2D eigenvalue weighted by Crippen LogP contribution is 2.34. The first-order valence-corrected chi connectivity index (χ1v) is 8.66. The van der Waals surface area contributed by atoms with Gasteiger partial charge in [0.25, 0.3) is 0 Å². The molecule has 0 aliphatic heterocycles. The first-order valence-electron chi connectivity index (χ1n) is 8.66. The van der Waals surface area contributed by atoms with Gasteiger partial charge < -0.3 is 19.9 Å². The van der Waals surface area contributed by atoms with E-state index in [-0.39, 0.29) is 0 Å². The van der Waals surface area contributed by atoms with Gasteiger partial charge in [-0.25, -0.2) is 0 Å². The Kier molecular flexibility index (Phi) is 4.93. The molecule has 0 atom stereocenters. The van der Waals surface area contributed by atoms with E-state index in [0.717, 1.165) is 31.6 Å². The van der Waals surface area contributed by atoms with Gasteiger partial charge in [0.05, 0.1) is 12.6 Å². The molecule has 0 unspecified atom stereocenters. The lowest BCUT2D eigenvalue weighted by atomic mass is 9.91. The molecule has 4 heteroatoms. The van der Waals surface area contributed by atoms with Crippen LogP contribution >= 0.6 is 0 Å². The molecule has 0 radical (unpaired) electrons. The van der Waals surface area contributed by atoms with Crippen molar-refractivity contribution in [2.24, 2.45) is 5.73 Å². The Bertz CT molecular complexity index is 654. The van der Waals surface area contributed by atoms with Crippen molar-refractivity contribution < 1.29 is 4.74 Å². The summed E-state index contributed by atoms with van der Waals surface area (Å²) in [6.45, 7) is 1.07. The average molecular weight is 315 g/mol. The van der Waals surface area contributed by atoms with Crippen molar-refractivity contribution in [1.82, 2.24) is 9.47 Å². The number of benzene rings is 1. The van der Waals surface area contributed by atoms with E-state index < -0.39 is 0 Å². The molecule has 2 aromatic rings. The van der Waals surface area contributed by atoms with Gasteiger partial charge in [-0.2, -0.15) is 0 Å². The maximum absolute atomic E-state index is 6.08. The molecule has 0 bridgehead atoms. The quantitative estimate of drug-likeness (QED) is 0.921. The fourth-order valence-electron chi connectivity index (χ4n) is 3.66. The summed E-state index contributed by atoms with van der Waals surface area (Å²) in [7, 11) is 6.00. The minimum atomic E-state index is 0.385. The predicted molar refractivity (Wildman–Crippen MR) is 96.2 cm³/mol. The molecular weight excluding hydrogens is 286 g/mol. The van der Waals surface area contributed by atoms with Crippen molar-refractivity contribution in [2.75, 3.05) is 27.7 Å². The summed E-state index contributed by atoms with van der Waals surface area (Å²) in [4.78, 5) is 2.24. The van der Waals surface area contributed by atoms with Crippen LogP contribution in [0.15, 0.2) is 24.4 Å². The van der Waals surface area contributed by atoms with Crippen LogP contribution in [0.5, 0.6) is 5.75 Å². The highest BCUT2D eigenvalue weighted by atomic mass is 16.5. The summed E-state index contributed by atoms with van der Waals surface area (Å²) in [5, 5.41) is 1.36. The van der Waals surface area contributed by atoms with Crippen molar-refractivity contribution >= 4 is 10.9 Å². The molecule has 23 heavy (non-hydrogen) atoms. The number of nitrogens with two attached hydrogens (primary N) is 1. The summed E-state index contributed by atoms with van der Waals surface area (Å²) in [5.74, 6) is 0.934. The summed E-state index contributed by atoms with van der Waals surface area (Å²) in [6.07, 6.45) is 8.05. The van der Waals surface area contributed by atoms with Gasteiger partial charge in [0, 0.05) is 36.3 Å². The molecule has 3 rings (SSSR count). The Labute approximate surface area is 139 Å². The third kappa shape index (κ3) is 3.54. The molecule has 1 aliphatic carbocycles. The molecule has 1 aromatic carbocycles. The van der Waals surface area contributed by atoms with Crippen LogP contribution in [0.25, 0.3) is 10.9 Å². The summed E-state index contributed by atoms with van der Waals surface area (Å²) in [5.41, 5.74) is 8.83. The molecule has 4 nitrogen and oxygen atoms in total. The maximum atomic E-state index is 6.08. The first-order chi connectivity index (χ1) is 11.1. The Hall–Kier alpha value is -1.52. The van der Waals surface area contributed by atoms with Gasteiger partial charge in [-0.05, 0) is 63.9 Å². The zero-order chi connectivity index (χ0) is 16.4. The normalized spacial score (nSPS) is 22.0. The number of fused-ring (bicyclic) bond motifs is 1. The highest BCUT2D eigenvalue weighted by Gasteiger charge is 2.22. The largest absolute Gasteiger partial charge is 0.497 e. The molecule has 2 N–H and O–H groups in total. The van der Waals surface area contributed by atoms with Gasteiger partial charge in [0.15, 0.2) is 0 Å². The van der Waals surface area contributed by atoms with Crippen LogP contribution < -0.4 is 10.5 Å². The molecule has 0 saturated heterocycles. The Morgan fingerprint density at radius 3 is 2.61 bits per heavy atom. The Balaban J connectivity index is 1.97. The summed E-state index contributed by atoms with van der Waals surface area (Å²) in [6, 6.07) is 7.42. The van der Waals surface area contributed by atoms with Crippen molar-refractivity contribution in [3.05, 3.63) is 30.0 Å². The monoisotopic (exact) mass is 315 g/mol. The van der Waals surface area contributed by atoms with Crippen LogP contribution in [0.3, 0.4) is 0 Å². The first kappa shape index (κ1) is 16.3. The third-order valence-electron chi connectivity index (χ3n) is 5.09. The number of methoxy groups -OCH3 is 1. The molecule has 1 saturated carbocycles. The van der Waals surface area contributed by atoms with Gasteiger partial charge in [0.1, 0.15) is 5.75 Å². The van der Waals surface area contributed by atoms with Crippen LogP contribution in [0.4, 0.5) is 0 Å². The van der Waals surface area contributed by atoms with Crippen molar-refractivity contribution in [3.8, 4) is 5.75 Å². The highest BCUT2D eigenvalue weighted by molar-refractivity contribution is 5.85. The topological polar surface area (TPSA) is 43.4 Å². The second-order valence-corrected chi connectivity index (χ2v) is 7.07. The van der Waals surface area contributed by atoms with Crippen molar-refractivity contribution in [2.45, 2.75) is 44.2 Å². The van der Waals surface area contributed by atoms with Gasteiger partial charge in [0.2, 0.25) is 0 Å². The lowest BCUT2D eigenvalue weighted by molar-refractivity contribution is 0.329. The second kappa shape index (κ2) is 6.93. The lowest BCUT2D eigenvalue weighted by Crippen LogP contribution is -2.27. The SMILES string of the molecule is COc1ccc2c(CCN(C)C)cn(C3CCC(N)CC3)c2c1. The fourth-order valence-corrected chi connectivity index (χ4v) is 3.66. The number of likely N-dealkylation sites (N-methyl/N-ethyl adjacent to an activating group) is 1. The van der Waals surface area contributed by atoms with E-state index in [2.05, 4.69) is 48.0 Å². The summed E-state index contributed by atoms with van der Waals surface area (Å²) < 4.78 is 7.93. The van der Waals surface area contributed by atoms with Gasteiger partial charge in [-0.1, -0.05) is 0 Å². The van der Waals surface area contributed by atoms with Crippen LogP contribution in [0.2, 0.25) is 0 Å². The van der Waals surface area contributed by atoms with Gasteiger partial charge >= 0.3 is 0 Å². The van der Waals surface area contributed by atoms with E-state index in [4.69, 9.17) is 10.5 Å². The fraction of sp³-hybridized carbons (Fsp3) is 0.579. The maximum Gasteiger partial charge on any atom is 0.120 e. The van der Waals surface area contributed by atoms with E-state index in [1.54, 1.807) is 7.11 Å². The molecule has 1 aliphatic rings. The van der Waals surface area contributed by atoms with Crippen LogP contribution in [-0.4, -0.2) is 43.3 Å². The number of nitrogens with zero attached hydrogens (tertiary/aromatic N) is 2. The Morgan fingerprint density at radius 2 is 1.96 bits per heavy atom. The van der Waals surface area contributed by atoms with Crippen LogP contribution in [0.1, 0.15) is 37.3 Å². The van der Waals surface area contributed by atoms with E-state index in [1.165, 1.54) is 29.3 Å². The van der Waals surface area contributed by atoms with Gasteiger partial charge in [-0.3, -0.25) is 0 Å². The number of ether oxygens (including phenoxy) is 1. The van der Waals surface area contributed by atoms with E-state index in [9.17, 15) is 0 Å². The third-order valence-corrected chi connectivity index (χ3v) is 5.09. The zero-order valence-electron chi connectivity index (χ0n) is 14.6. The molecule has 1 aromatic heterocycles. The smallest absolute Gasteiger partial charge is 0.120 e. The Morgan fingerprint density at radius 1 is 1.22 bits per heavy atom. The van der Waals surface area contributed by atoms with E-state index >= 15 is 0 Å².